The molecule has 1 fully saturated rings. The smallest absolute Gasteiger partial charge is 0.306 e. The summed E-state index contributed by atoms with van der Waals surface area (Å²) in [6.45, 7) is 0. The Morgan fingerprint density at radius 1 is 1.10 bits per heavy atom. The Bertz CT molecular complexity index is 1210. The third kappa shape index (κ3) is 3.96. The fourth-order valence-electron chi connectivity index (χ4n) is 3.84. The number of aliphatic carboxylic acids is 1. The van der Waals surface area contributed by atoms with Crippen LogP contribution in [-0.4, -0.2) is 47.1 Å². The van der Waals surface area contributed by atoms with Gasteiger partial charge in [0.2, 0.25) is 0 Å². The van der Waals surface area contributed by atoms with Crippen LogP contribution >= 0.6 is 11.6 Å². The number of nitrogens with zero attached hydrogens (tertiary/aromatic N) is 5. The SMILES string of the molecule is O=C(O)[C@H]1CC[C@@H](Oc2nc3nc(-c4ccc(-n5nccn5)cc4)c(Cl)cc3[nH]2)CC1. The fraction of sp³-hybridized carbons (Fsp3) is 0.286. The number of hydrogen-bond acceptors (Lipinski definition) is 6. The van der Waals surface area contributed by atoms with E-state index in [0.29, 0.717) is 53.6 Å². The normalized spacial score (nSPS) is 18.9. The number of hydrogen-bond donors (Lipinski definition) is 2. The van der Waals surface area contributed by atoms with Crippen molar-refractivity contribution in [1.29, 1.82) is 0 Å². The first-order valence-electron chi connectivity index (χ1n) is 9.99. The number of carboxylic acid groups (broad SMARTS) is 1. The lowest BCUT2D eigenvalue weighted by Gasteiger charge is -2.25. The summed E-state index contributed by atoms with van der Waals surface area (Å²) >= 11 is 6.49. The van der Waals surface area contributed by atoms with Crippen LogP contribution in [-0.2, 0) is 4.79 Å². The van der Waals surface area contributed by atoms with Crippen LogP contribution < -0.4 is 4.74 Å². The van der Waals surface area contributed by atoms with E-state index in [0.717, 1.165) is 11.3 Å². The lowest BCUT2D eigenvalue weighted by molar-refractivity contribution is -0.143. The molecule has 9 nitrogen and oxygen atoms in total. The Balaban J connectivity index is 1.35. The summed E-state index contributed by atoms with van der Waals surface area (Å²) in [6.07, 6.45) is 5.77. The van der Waals surface area contributed by atoms with Gasteiger partial charge >= 0.3 is 5.97 Å². The van der Waals surface area contributed by atoms with E-state index >= 15 is 0 Å². The summed E-state index contributed by atoms with van der Waals surface area (Å²) in [4.78, 5) is 24.8. The average Bonchev–Trinajstić information content (AvgIpc) is 3.43. The zero-order chi connectivity index (χ0) is 21.4. The van der Waals surface area contributed by atoms with Crippen LogP contribution in [0.4, 0.5) is 0 Å². The van der Waals surface area contributed by atoms with Gasteiger partial charge in [0.25, 0.3) is 6.01 Å². The van der Waals surface area contributed by atoms with Crippen molar-refractivity contribution in [3.63, 3.8) is 0 Å². The summed E-state index contributed by atoms with van der Waals surface area (Å²) in [7, 11) is 0. The van der Waals surface area contributed by atoms with Gasteiger partial charge in [-0.25, -0.2) is 4.98 Å². The number of fused-ring (bicyclic) bond motifs is 1. The van der Waals surface area contributed by atoms with E-state index in [1.165, 1.54) is 4.80 Å². The lowest BCUT2D eigenvalue weighted by Crippen LogP contribution is -2.28. The van der Waals surface area contributed by atoms with E-state index in [9.17, 15) is 4.79 Å². The minimum atomic E-state index is -0.734. The van der Waals surface area contributed by atoms with Crippen molar-refractivity contribution in [3.8, 4) is 23.0 Å². The summed E-state index contributed by atoms with van der Waals surface area (Å²) in [5.74, 6) is -1.02. The topological polar surface area (TPSA) is 119 Å². The highest BCUT2D eigenvalue weighted by molar-refractivity contribution is 6.33. The predicted molar refractivity (Wildman–Crippen MR) is 113 cm³/mol. The molecule has 2 N–H and O–H groups in total. The van der Waals surface area contributed by atoms with Gasteiger partial charge in [-0.1, -0.05) is 23.7 Å². The lowest BCUT2D eigenvalue weighted by atomic mass is 9.87. The fourth-order valence-corrected chi connectivity index (χ4v) is 4.10. The summed E-state index contributed by atoms with van der Waals surface area (Å²) in [5, 5.41) is 17.9. The van der Waals surface area contributed by atoms with Gasteiger partial charge in [-0.3, -0.25) is 4.79 Å². The van der Waals surface area contributed by atoms with Crippen molar-refractivity contribution in [2.24, 2.45) is 5.92 Å². The van der Waals surface area contributed by atoms with Crippen molar-refractivity contribution in [3.05, 3.63) is 47.7 Å². The summed E-state index contributed by atoms with van der Waals surface area (Å²) in [5.41, 5.74) is 3.49. The van der Waals surface area contributed by atoms with Gasteiger partial charge in [-0.15, -0.1) is 0 Å². The largest absolute Gasteiger partial charge is 0.481 e. The van der Waals surface area contributed by atoms with Crippen LogP contribution in [0.3, 0.4) is 0 Å². The first-order valence-corrected chi connectivity index (χ1v) is 10.4. The number of imidazole rings is 1. The van der Waals surface area contributed by atoms with Gasteiger partial charge in [-0.2, -0.15) is 20.0 Å². The highest BCUT2D eigenvalue weighted by atomic mass is 35.5. The molecule has 1 aliphatic rings. The third-order valence-electron chi connectivity index (χ3n) is 5.50. The molecule has 0 saturated heterocycles. The number of aromatic nitrogens is 6. The molecule has 1 saturated carbocycles. The van der Waals surface area contributed by atoms with Crippen molar-refractivity contribution >= 4 is 28.7 Å². The molecule has 0 aliphatic heterocycles. The Hall–Kier alpha value is -3.46. The minimum Gasteiger partial charge on any atom is -0.481 e. The van der Waals surface area contributed by atoms with E-state index in [1.54, 1.807) is 18.5 Å². The second-order valence-corrected chi connectivity index (χ2v) is 7.93. The van der Waals surface area contributed by atoms with Crippen molar-refractivity contribution < 1.29 is 14.6 Å². The molecule has 0 amide bonds. The molecular weight excluding hydrogens is 420 g/mol. The number of nitrogens with one attached hydrogen (secondary N) is 1. The number of halogens is 1. The predicted octanol–water partition coefficient (Wildman–Crippen LogP) is 3.88. The maximum absolute atomic E-state index is 11.1. The monoisotopic (exact) mass is 438 g/mol. The highest BCUT2D eigenvalue weighted by Gasteiger charge is 2.27. The first kappa shape index (κ1) is 19.5. The number of pyridine rings is 1. The molecule has 4 aromatic rings. The van der Waals surface area contributed by atoms with Crippen LogP contribution in [0.25, 0.3) is 28.1 Å². The number of ether oxygens (including phenoxy) is 1. The molecule has 0 spiro atoms. The average molecular weight is 439 g/mol. The first-order chi connectivity index (χ1) is 15.1. The van der Waals surface area contributed by atoms with Gasteiger partial charge in [0.1, 0.15) is 6.10 Å². The second-order valence-electron chi connectivity index (χ2n) is 7.53. The second kappa shape index (κ2) is 7.99. The molecule has 3 heterocycles. The number of H-pyrrole nitrogens is 1. The molecule has 158 valence electrons. The van der Waals surface area contributed by atoms with Gasteiger partial charge in [0.15, 0.2) is 5.65 Å². The number of rotatable bonds is 5. The van der Waals surface area contributed by atoms with Crippen LogP contribution in [0, 0.1) is 5.92 Å². The molecule has 0 unspecified atom stereocenters. The molecule has 1 aliphatic carbocycles. The molecule has 5 rings (SSSR count). The zero-order valence-corrected chi connectivity index (χ0v) is 17.2. The van der Waals surface area contributed by atoms with E-state index < -0.39 is 5.97 Å². The number of carbonyl (C=O) groups is 1. The third-order valence-corrected chi connectivity index (χ3v) is 5.79. The molecule has 0 radical (unpaired) electrons. The van der Waals surface area contributed by atoms with E-state index in [4.69, 9.17) is 21.4 Å². The van der Waals surface area contributed by atoms with E-state index in [1.807, 2.05) is 24.3 Å². The minimum absolute atomic E-state index is 0.0606. The Morgan fingerprint density at radius 2 is 1.81 bits per heavy atom. The van der Waals surface area contributed by atoms with Gasteiger partial charge < -0.3 is 14.8 Å². The summed E-state index contributed by atoms with van der Waals surface area (Å²) < 4.78 is 5.95. The molecule has 3 aromatic heterocycles. The molecular formula is C21H19ClN6O3. The molecule has 10 heteroatoms. The Kier molecular flexibility index (Phi) is 5.03. The number of aromatic amines is 1. The highest BCUT2D eigenvalue weighted by Crippen LogP contribution is 2.31. The van der Waals surface area contributed by atoms with Gasteiger partial charge in [0, 0.05) is 5.56 Å². The molecule has 0 atom stereocenters. The number of benzene rings is 1. The van der Waals surface area contributed by atoms with E-state index in [-0.39, 0.29) is 12.0 Å². The maximum atomic E-state index is 11.1. The van der Waals surface area contributed by atoms with Crippen molar-refractivity contribution in [2.75, 3.05) is 0 Å². The van der Waals surface area contributed by atoms with Crippen molar-refractivity contribution in [1.82, 2.24) is 29.9 Å². The Morgan fingerprint density at radius 3 is 2.48 bits per heavy atom. The van der Waals surface area contributed by atoms with Crippen molar-refractivity contribution in [2.45, 2.75) is 31.8 Å². The van der Waals surface area contributed by atoms with E-state index in [2.05, 4.69) is 25.1 Å². The number of carboxylic acids is 1. The molecule has 0 bridgehead atoms. The van der Waals surface area contributed by atoms with Crippen LogP contribution in [0.15, 0.2) is 42.7 Å². The van der Waals surface area contributed by atoms with Crippen LogP contribution in [0.1, 0.15) is 25.7 Å². The van der Waals surface area contributed by atoms with Crippen LogP contribution in [0.2, 0.25) is 5.02 Å². The Labute approximate surface area is 182 Å². The molecule has 31 heavy (non-hydrogen) atoms. The van der Waals surface area contributed by atoms with Gasteiger partial charge in [0.05, 0.1) is 40.2 Å². The zero-order valence-electron chi connectivity index (χ0n) is 16.4. The molecule has 1 aromatic carbocycles. The maximum Gasteiger partial charge on any atom is 0.306 e. The quantitative estimate of drug-likeness (QED) is 0.485. The van der Waals surface area contributed by atoms with Crippen LogP contribution in [0.5, 0.6) is 6.01 Å². The summed E-state index contributed by atoms with van der Waals surface area (Å²) in [6, 6.07) is 9.75. The van der Waals surface area contributed by atoms with Gasteiger partial charge in [-0.05, 0) is 43.9 Å². The standard InChI is InChI=1S/C21H19ClN6O3/c22-16-11-17-19(27-21(25-17)31-15-7-3-13(4-8-15)20(29)30)26-18(16)12-1-5-14(6-2-12)28-23-9-10-24-28/h1-2,5-6,9-11,13,15H,3-4,7-8H2,(H,29,30)(H,25,26,27)/t13-,15+.